The lowest BCUT2D eigenvalue weighted by atomic mass is 9.98. The Kier molecular flexibility index (Phi) is 4.32. The Morgan fingerprint density at radius 3 is 2.76 bits per heavy atom. The first kappa shape index (κ1) is 15.5. The van der Waals surface area contributed by atoms with Gasteiger partial charge in [-0.3, -0.25) is 9.48 Å². The van der Waals surface area contributed by atoms with Crippen molar-refractivity contribution in [3.63, 3.8) is 0 Å². The van der Waals surface area contributed by atoms with Crippen LogP contribution in [0.25, 0.3) is 0 Å². The number of carboxylic acids is 1. The molecule has 1 aliphatic heterocycles. The average Bonchev–Trinajstić information content (AvgIpc) is 3.05. The highest BCUT2D eigenvalue weighted by Gasteiger charge is 2.43. The standard InChI is InChI=1S/C14H22N4O3/c1-4-18-11(7-10(17-18)9(2)3)12(19)16-14(13(20)21)5-6-15-8-14/h7,9,15H,4-6,8H2,1-3H3,(H,16,19)(H,20,21). The van der Waals surface area contributed by atoms with Crippen molar-refractivity contribution in [3.05, 3.63) is 17.5 Å². The first-order valence-electron chi connectivity index (χ1n) is 7.24. The maximum absolute atomic E-state index is 12.5. The molecule has 116 valence electrons. The summed E-state index contributed by atoms with van der Waals surface area (Å²) in [5.74, 6) is -1.18. The Morgan fingerprint density at radius 2 is 2.29 bits per heavy atom. The third-order valence-electron chi connectivity index (χ3n) is 3.84. The van der Waals surface area contributed by atoms with Gasteiger partial charge in [-0.2, -0.15) is 5.10 Å². The number of rotatable bonds is 5. The smallest absolute Gasteiger partial charge is 0.330 e. The number of aromatic nitrogens is 2. The summed E-state index contributed by atoms with van der Waals surface area (Å²) in [6, 6.07) is 1.74. The number of amides is 1. The molecule has 0 radical (unpaired) electrons. The van der Waals surface area contributed by atoms with Crippen LogP contribution >= 0.6 is 0 Å². The van der Waals surface area contributed by atoms with Gasteiger partial charge in [-0.1, -0.05) is 13.8 Å². The van der Waals surface area contributed by atoms with E-state index in [-0.39, 0.29) is 18.4 Å². The fourth-order valence-electron chi connectivity index (χ4n) is 2.46. The fraction of sp³-hybridized carbons (Fsp3) is 0.643. The van der Waals surface area contributed by atoms with E-state index in [1.807, 2.05) is 20.8 Å². The number of hydrogen-bond donors (Lipinski definition) is 3. The molecule has 1 fully saturated rings. The van der Waals surface area contributed by atoms with Crippen molar-refractivity contribution in [2.45, 2.75) is 45.2 Å². The van der Waals surface area contributed by atoms with Gasteiger partial charge in [0.25, 0.3) is 5.91 Å². The molecule has 0 spiro atoms. The van der Waals surface area contributed by atoms with E-state index in [0.29, 0.717) is 25.2 Å². The number of nitrogens with zero attached hydrogens (tertiary/aromatic N) is 2. The minimum atomic E-state index is -1.22. The van der Waals surface area contributed by atoms with E-state index in [9.17, 15) is 14.7 Å². The monoisotopic (exact) mass is 294 g/mol. The third-order valence-corrected chi connectivity index (χ3v) is 3.84. The molecule has 3 N–H and O–H groups in total. The molecule has 21 heavy (non-hydrogen) atoms. The highest BCUT2D eigenvalue weighted by molar-refractivity contribution is 5.97. The molecule has 1 saturated heterocycles. The highest BCUT2D eigenvalue weighted by atomic mass is 16.4. The van der Waals surface area contributed by atoms with E-state index >= 15 is 0 Å². The number of carboxylic acid groups (broad SMARTS) is 1. The minimum Gasteiger partial charge on any atom is -0.479 e. The lowest BCUT2D eigenvalue weighted by Gasteiger charge is -2.24. The van der Waals surface area contributed by atoms with Crippen LogP contribution in [0, 0.1) is 0 Å². The zero-order valence-electron chi connectivity index (χ0n) is 12.6. The van der Waals surface area contributed by atoms with E-state index < -0.39 is 11.5 Å². The first-order chi connectivity index (χ1) is 9.89. The minimum absolute atomic E-state index is 0.214. The van der Waals surface area contributed by atoms with Gasteiger partial charge in [-0.15, -0.1) is 0 Å². The van der Waals surface area contributed by atoms with Gasteiger partial charge in [0.15, 0.2) is 5.54 Å². The second-order valence-corrected chi connectivity index (χ2v) is 5.69. The fourth-order valence-corrected chi connectivity index (χ4v) is 2.46. The molecule has 1 unspecified atom stereocenters. The molecule has 2 heterocycles. The second-order valence-electron chi connectivity index (χ2n) is 5.69. The number of nitrogens with one attached hydrogen (secondary N) is 2. The van der Waals surface area contributed by atoms with Gasteiger partial charge in [0.1, 0.15) is 5.69 Å². The first-order valence-corrected chi connectivity index (χ1v) is 7.24. The zero-order valence-corrected chi connectivity index (χ0v) is 12.6. The van der Waals surface area contributed by atoms with Crippen LogP contribution in [-0.4, -0.2) is 45.4 Å². The van der Waals surface area contributed by atoms with E-state index in [1.54, 1.807) is 10.7 Å². The van der Waals surface area contributed by atoms with Gasteiger partial charge in [0.05, 0.1) is 5.69 Å². The Morgan fingerprint density at radius 1 is 1.57 bits per heavy atom. The van der Waals surface area contributed by atoms with Gasteiger partial charge in [-0.05, 0) is 31.9 Å². The summed E-state index contributed by atoms with van der Waals surface area (Å²) < 4.78 is 1.61. The molecule has 1 aliphatic rings. The summed E-state index contributed by atoms with van der Waals surface area (Å²) in [5, 5.41) is 19.4. The molecule has 0 aromatic carbocycles. The zero-order chi connectivity index (χ0) is 15.6. The van der Waals surface area contributed by atoms with Crippen molar-refractivity contribution < 1.29 is 14.7 Å². The van der Waals surface area contributed by atoms with Gasteiger partial charge >= 0.3 is 5.97 Å². The van der Waals surface area contributed by atoms with Crippen LogP contribution in [0.5, 0.6) is 0 Å². The summed E-state index contributed by atoms with van der Waals surface area (Å²) >= 11 is 0. The van der Waals surface area contributed by atoms with Crippen molar-refractivity contribution in [1.82, 2.24) is 20.4 Å². The maximum atomic E-state index is 12.5. The van der Waals surface area contributed by atoms with Crippen LogP contribution in [0.3, 0.4) is 0 Å². The molecule has 7 heteroatoms. The average molecular weight is 294 g/mol. The summed E-state index contributed by atoms with van der Waals surface area (Å²) in [6.07, 6.45) is 0.380. The number of aryl methyl sites for hydroxylation is 1. The molecule has 0 aliphatic carbocycles. The highest BCUT2D eigenvalue weighted by Crippen LogP contribution is 2.18. The molecule has 1 amide bonds. The Balaban J connectivity index is 2.25. The molecular formula is C14H22N4O3. The van der Waals surface area contributed by atoms with Crippen molar-refractivity contribution in [2.75, 3.05) is 13.1 Å². The molecule has 1 atom stereocenters. The summed E-state index contributed by atoms with van der Waals surface area (Å²) in [6.45, 7) is 7.29. The van der Waals surface area contributed by atoms with E-state index in [4.69, 9.17) is 0 Å². The molecule has 2 rings (SSSR count). The maximum Gasteiger partial charge on any atom is 0.330 e. The van der Waals surface area contributed by atoms with Gasteiger partial charge < -0.3 is 15.7 Å². The van der Waals surface area contributed by atoms with Gasteiger partial charge in [0, 0.05) is 13.1 Å². The number of carbonyl (C=O) groups excluding carboxylic acids is 1. The Hall–Kier alpha value is -1.89. The van der Waals surface area contributed by atoms with Crippen LogP contribution in [0.15, 0.2) is 6.07 Å². The number of aliphatic carboxylic acids is 1. The second kappa shape index (κ2) is 5.85. The van der Waals surface area contributed by atoms with Gasteiger partial charge in [-0.25, -0.2) is 4.79 Å². The van der Waals surface area contributed by atoms with Crippen LogP contribution in [0.2, 0.25) is 0 Å². The van der Waals surface area contributed by atoms with Crippen LogP contribution < -0.4 is 10.6 Å². The molecular weight excluding hydrogens is 272 g/mol. The quantitative estimate of drug-likeness (QED) is 0.738. The number of hydrogen-bond acceptors (Lipinski definition) is 4. The van der Waals surface area contributed by atoms with Crippen LogP contribution in [0.1, 0.15) is 49.3 Å². The Bertz CT molecular complexity index is 544. The van der Waals surface area contributed by atoms with E-state index in [1.165, 1.54) is 0 Å². The van der Waals surface area contributed by atoms with Crippen molar-refractivity contribution in [1.29, 1.82) is 0 Å². The lowest BCUT2D eigenvalue weighted by molar-refractivity contribution is -0.143. The van der Waals surface area contributed by atoms with E-state index in [0.717, 1.165) is 5.69 Å². The predicted octanol–water partition coefficient (Wildman–Crippen LogP) is 0.573. The Labute approximate surface area is 123 Å². The summed E-state index contributed by atoms with van der Waals surface area (Å²) in [4.78, 5) is 23.9. The topological polar surface area (TPSA) is 96.2 Å². The van der Waals surface area contributed by atoms with Gasteiger partial charge in [0.2, 0.25) is 0 Å². The van der Waals surface area contributed by atoms with Crippen LogP contribution in [-0.2, 0) is 11.3 Å². The molecule has 7 nitrogen and oxygen atoms in total. The number of carbonyl (C=O) groups is 2. The van der Waals surface area contributed by atoms with E-state index in [2.05, 4.69) is 15.7 Å². The molecule has 0 saturated carbocycles. The third kappa shape index (κ3) is 2.92. The SMILES string of the molecule is CCn1nc(C(C)C)cc1C(=O)NC1(C(=O)O)CCNC1. The molecule has 1 aromatic heterocycles. The normalized spacial score (nSPS) is 21.7. The lowest BCUT2D eigenvalue weighted by Crippen LogP contribution is -2.56. The van der Waals surface area contributed by atoms with Crippen molar-refractivity contribution in [3.8, 4) is 0 Å². The molecule has 1 aromatic rings. The predicted molar refractivity (Wildman–Crippen MR) is 77.3 cm³/mol. The summed E-state index contributed by atoms with van der Waals surface area (Å²) in [7, 11) is 0. The van der Waals surface area contributed by atoms with Crippen molar-refractivity contribution in [2.24, 2.45) is 0 Å². The molecule has 0 bridgehead atoms. The van der Waals surface area contributed by atoms with Crippen molar-refractivity contribution >= 4 is 11.9 Å². The largest absolute Gasteiger partial charge is 0.479 e. The summed E-state index contributed by atoms with van der Waals surface area (Å²) in [5.41, 5.74) is 0.0161. The van der Waals surface area contributed by atoms with Crippen LogP contribution in [0.4, 0.5) is 0 Å².